The second-order valence-electron chi connectivity index (χ2n) is 4.62. The highest BCUT2D eigenvalue weighted by atomic mass is 79.9. The van der Waals surface area contributed by atoms with E-state index in [1.165, 1.54) is 24.8 Å². The molecule has 3 heteroatoms. The highest BCUT2D eigenvalue weighted by Crippen LogP contribution is 2.35. The molecule has 0 radical (unpaired) electrons. The minimum atomic E-state index is 0.730. The SMILES string of the molecule is CCCC1CC1NCc1cc(N)ccc1Br. The molecule has 3 N–H and O–H groups in total. The number of halogens is 1. The number of anilines is 1. The Bertz CT molecular complexity index is 365. The molecule has 0 amide bonds. The maximum Gasteiger partial charge on any atom is 0.0318 e. The smallest absolute Gasteiger partial charge is 0.0318 e. The molecule has 2 unspecified atom stereocenters. The van der Waals surface area contributed by atoms with Gasteiger partial charge in [0.2, 0.25) is 0 Å². The van der Waals surface area contributed by atoms with Crippen LogP contribution in [-0.2, 0) is 6.54 Å². The fourth-order valence-corrected chi connectivity index (χ4v) is 2.55. The number of hydrogen-bond acceptors (Lipinski definition) is 2. The first-order valence-electron chi connectivity index (χ1n) is 5.98. The molecular formula is C13H19BrN2. The van der Waals surface area contributed by atoms with Gasteiger partial charge in [0, 0.05) is 22.7 Å². The third-order valence-electron chi connectivity index (χ3n) is 3.21. The molecule has 1 saturated carbocycles. The number of hydrogen-bond donors (Lipinski definition) is 2. The number of nitrogens with one attached hydrogen (secondary N) is 1. The van der Waals surface area contributed by atoms with Crippen LogP contribution in [0.2, 0.25) is 0 Å². The summed E-state index contributed by atoms with van der Waals surface area (Å²) in [6.45, 7) is 3.17. The Kier molecular flexibility index (Phi) is 3.87. The van der Waals surface area contributed by atoms with Gasteiger partial charge in [0.05, 0.1) is 0 Å². The highest BCUT2D eigenvalue weighted by molar-refractivity contribution is 9.10. The second-order valence-corrected chi connectivity index (χ2v) is 5.48. The maximum atomic E-state index is 5.78. The van der Waals surface area contributed by atoms with Crippen LogP contribution in [0.3, 0.4) is 0 Å². The normalized spacial score (nSPS) is 23.4. The first-order chi connectivity index (χ1) is 7.70. The fourth-order valence-electron chi connectivity index (χ4n) is 2.16. The zero-order valence-electron chi connectivity index (χ0n) is 9.67. The molecule has 2 rings (SSSR count). The van der Waals surface area contributed by atoms with E-state index in [2.05, 4.69) is 28.2 Å². The Hall–Kier alpha value is -0.540. The maximum absolute atomic E-state index is 5.78. The molecule has 1 aliphatic carbocycles. The van der Waals surface area contributed by atoms with Crippen molar-refractivity contribution in [1.82, 2.24) is 5.32 Å². The minimum Gasteiger partial charge on any atom is -0.399 e. The van der Waals surface area contributed by atoms with Crippen molar-refractivity contribution >= 4 is 21.6 Å². The topological polar surface area (TPSA) is 38.0 Å². The summed E-state index contributed by atoms with van der Waals surface area (Å²) in [7, 11) is 0. The molecule has 0 heterocycles. The summed E-state index contributed by atoms with van der Waals surface area (Å²) in [5.41, 5.74) is 7.86. The summed E-state index contributed by atoms with van der Waals surface area (Å²) in [5.74, 6) is 0.907. The Morgan fingerprint density at radius 3 is 3.06 bits per heavy atom. The molecule has 0 aromatic heterocycles. The molecule has 0 saturated heterocycles. The van der Waals surface area contributed by atoms with Gasteiger partial charge in [0.25, 0.3) is 0 Å². The first-order valence-corrected chi connectivity index (χ1v) is 6.77. The van der Waals surface area contributed by atoms with Crippen molar-refractivity contribution in [2.75, 3.05) is 5.73 Å². The third-order valence-corrected chi connectivity index (χ3v) is 3.98. The quantitative estimate of drug-likeness (QED) is 0.814. The van der Waals surface area contributed by atoms with Crippen molar-refractivity contribution in [1.29, 1.82) is 0 Å². The van der Waals surface area contributed by atoms with E-state index in [1.807, 2.05) is 18.2 Å². The van der Waals surface area contributed by atoms with E-state index in [0.29, 0.717) is 0 Å². The van der Waals surface area contributed by atoms with Gasteiger partial charge in [-0.05, 0) is 42.5 Å². The van der Waals surface area contributed by atoms with E-state index < -0.39 is 0 Å². The van der Waals surface area contributed by atoms with E-state index in [-0.39, 0.29) is 0 Å². The van der Waals surface area contributed by atoms with Crippen LogP contribution < -0.4 is 11.1 Å². The molecule has 1 aromatic carbocycles. The molecule has 1 aromatic rings. The summed E-state index contributed by atoms with van der Waals surface area (Å²) in [6.07, 6.45) is 3.99. The zero-order chi connectivity index (χ0) is 11.5. The first kappa shape index (κ1) is 11.9. The summed E-state index contributed by atoms with van der Waals surface area (Å²) < 4.78 is 1.14. The fraction of sp³-hybridized carbons (Fsp3) is 0.538. The minimum absolute atomic E-state index is 0.730. The van der Waals surface area contributed by atoms with Crippen molar-refractivity contribution in [2.24, 2.45) is 5.92 Å². The van der Waals surface area contributed by atoms with E-state index in [0.717, 1.165) is 28.7 Å². The molecule has 2 atom stereocenters. The average molecular weight is 283 g/mol. The van der Waals surface area contributed by atoms with Crippen LogP contribution in [0.5, 0.6) is 0 Å². The lowest BCUT2D eigenvalue weighted by atomic mass is 10.2. The monoisotopic (exact) mass is 282 g/mol. The summed E-state index contributed by atoms with van der Waals surface area (Å²) >= 11 is 3.55. The van der Waals surface area contributed by atoms with Crippen molar-refractivity contribution in [3.8, 4) is 0 Å². The molecule has 0 spiro atoms. The summed E-state index contributed by atoms with van der Waals surface area (Å²) in [5, 5.41) is 3.59. The summed E-state index contributed by atoms with van der Waals surface area (Å²) in [6, 6.07) is 6.70. The third kappa shape index (κ3) is 2.98. The predicted molar refractivity (Wildman–Crippen MR) is 72.2 cm³/mol. The Labute approximate surface area is 106 Å². The molecule has 1 fully saturated rings. The van der Waals surface area contributed by atoms with Gasteiger partial charge in [-0.25, -0.2) is 0 Å². The van der Waals surface area contributed by atoms with Crippen LogP contribution >= 0.6 is 15.9 Å². The van der Waals surface area contributed by atoms with Crippen LogP contribution in [0.1, 0.15) is 31.7 Å². The van der Waals surface area contributed by atoms with Crippen molar-refractivity contribution in [2.45, 2.75) is 38.8 Å². The second kappa shape index (κ2) is 5.19. The number of rotatable bonds is 5. The van der Waals surface area contributed by atoms with Crippen molar-refractivity contribution in [3.63, 3.8) is 0 Å². The lowest BCUT2D eigenvalue weighted by molar-refractivity contribution is 0.599. The number of benzene rings is 1. The Morgan fingerprint density at radius 2 is 2.31 bits per heavy atom. The van der Waals surface area contributed by atoms with Crippen LogP contribution in [-0.4, -0.2) is 6.04 Å². The standard InChI is InChI=1S/C13H19BrN2/c1-2-3-9-7-13(9)16-8-10-6-11(15)4-5-12(10)14/h4-6,9,13,16H,2-3,7-8,15H2,1H3. The van der Waals surface area contributed by atoms with E-state index in [9.17, 15) is 0 Å². The number of nitrogen functional groups attached to an aromatic ring is 1. The van der Waals surface area contributed by atoms with Gasteiger partial charge >= 0.3 is 0 Å². The molecule has 2 nitrogen and oxygen atoms in total. The van der Waals surface area contributed by atoms with Crippen LogP contribution in [0, 0.1) is 5.92 Å². The number of nitrogens with two attached hydrogens (primary N) is 1. The Morgan fingerprint density at radius 1 is 1.50 bits per heavy atom. The van der Waals surface area contributed by atoms with Crippen LogP contribution in [0.15, 0.2) is 22.7 Å². The lowest BCUT2D eigenvalue weighted by Crippen LogP contribution is -2.18. The average Bonchev–Trinajstić information content (AvgIpc) is 2.99. The van der Waals surface area contributed by atoms with Crippen molar-refractivity contribution < 1.29 is 0 Å². The van der Waals surface area contributed by atoms with E-state index in [1.54, 1.807) is 0 Å². The van der Waals surface area contributed by atoms with Crippen LogP contribution in [0.4, 0.5) is 5.69 Å². The van der Waals surface area contributed by atoms with Gasteiger partial charge in [-0.2, -0.15) is 0 Å². The Balaban J connectivity index is 1.84. The van der Waals surface area contributed by atoms with E-state index >= 15 is 0 Å². The van der Waals surface area contributed by atoms with Gasteiger partial charge in [0.15, 0.2) is 0 Å². The lowest BCUT2D eigenvalue weighted by Gasteiger charge is -2.07. The molecule has 0 aliphatic heterocycles. The van der Waals surface area contributed by atoms with Gasteiger partial charge in [-0.3, -0.25) is 0 Å². The molecule has 16 heavy (non-hydrogen) atoms. The molecule has 1 aliphatic rings. The van der Waals surface area contributed by atoms with Gasteiger partial charge < -0.3 is 11.1 Å². The highest BCUT2D eigenvalue weighted by Gasteiger charge is 2.35. The predicted octanol–water partition coefficient (Wildman–Crippen LogP) is 3.31. The van der Waals surface area contributed by atoms with Gasteiger partial charge in [-0.15, -0.1) is 0 Å². The van der Waals surface area contributed by atoms with Crippen molar-refractivity contribution in [3.05, 3.63) is 28.2 Å². The molecular weight excluding hydrogens is 264 g/mol. The van der Waals surface area contributed by atoms with Gasteiger partial charge in [0.1, 0.15) is 0 Å². The van der Waals surface area contributed by atoms with Gasteiger partial charge in [-0.1, -0.05) is 29.3 Å². The zero-order valence-corrected chi connectivity index (χ0v) is 11.3. The summed E-state index contributed by atoms with van der Waals surface area (Å²) in [4.78, 5) is 0. The molecule has 0 bridgehead atoms. The van der Waals surface area contributed by atoms with Crippen LogP contribution in [0.25, 0.3) is 0 Å². The molecule has 88 valence electrons. The largest absolute Gasteiger partial charge is 0.399 e. The van der Waals surface area contributed by atoms with E-state index in [4.69, 9.17) is 5.73 Å².